The molecule has 0 radical (unpaired) electrons. The molecular weight excluding hydrogens is 916 g/mol. The summed E-state index contributed by atoms with van der Waals surface area (Å²) in [5.74, 6) is -8.81. The number of aliphatic hydroxyl groups is 4. The number of fused-ring (bicyclic) bond motifs is 3. The van der Waals surface area contributed by atoms with Crippen LogP contribution in [0.4, 0.5) is 0 Å². The van der Waals surface area contributed by atoms with Gasteiger partial charge in [-0.25, -0.2) is 14.4 Å². The van der Waals surface area contributed by atoms with Crippen molar-refractivity contribution in [1.29, 1.82) is 0 Å². The molecule has 9 aliphatic rings. The van der Waals surface area contributed by atoms with E-state index < -0.39 is 71.5 Å². The summed E-state index contributed by atoms with van der Waals surface area (Å²) in [7, 11) is 3.96. The Morgan fingerprint density at radius 2 is 0.985 bits per heavy atom. The Hall–Kier alpha value is -3.47. The number of carbonyl (C=O) groups is 7. The van der Waals surface area contributed by atoms with Crippen molar-refractivity contribution in [2.75, 3.05) is 21.3 Å². The molecule has 3 saturated heterocycles. The van der Waals surface area contributed by atoms with Crippen molar-refractivity contribution in [2.45, 2.75) is 110 Å². The van der Waals surface area contributed by atoms with Gasteiger partial charge in [0, 0.05) is 52.2 Å². The van der Waals surface area contributed by atoms with E-state index in [2.05, 4.69) is 29.2 Å². The Labute approximate surface area is 413 Å². The van der Waals surface area contributed by atoms with E-state index in [1.54, 1.807) is 20.8 Å². The van der Waals surface area contributed by atoms with E-state index in [9.17, 15) is 54.0 Å². The fourth-order valence-electron chi connectivity index (χ4n) is 12.1. The van der Waals surface area contributed by atoms with Gasteiger partial charge >= 0.3 is 64.8 Å². The van der Waals surface area contributed by atoms with E-state index in [4.69, 9.17) is 28.4 Å². The number of esters is 7. The summed E-state index contributed by atoms with van der Waals surface area (Å²) in [6, 6.07) is 0. The number of rotatable bonds is 7. The molecule has 372 valence electrons. The molecule has 0 aromatic carbocycles. The maximum absolute atomic E-state index is 12.1. The van der Waals surface area contributed by atoms with Crippen LogP contribution in [0, 0.1) is 78.4 Å². The second kappa shape index (κ2) is 22.1. The number of ether oxygens (including phenoxy) is 8. The average molecular weight is 982 g/mol. The molecule has 6 saturated carbocycles. The van der Waals surface area contributed by atoms with Crippen molar-refractivity contribution in [3.05, 3.63) is 43.9 Å². The predicted molar refractivity (Wildman–Crippen MR) is 229 cm³/mol. The van der Waals surface area contributed by atoms with Crippen LogP contribution in [0.15, 0.2) is 36.5 Å². The van der Waals surface area contributed by atoms with Gasteiger partial charge in [-0.1, -0.05) is 27.2 Å². The molecule has 20 unspecified atom stereocenters. The Balaban J connectivity index is 0.000000308. The van der Waals surface area contributed by atoms with E-state index in [0.29, 0.717) is 18.4 Å². The van der Waals surface area contributed by atoms with Crippen molar-refractivity contribution in [3.8, 4) is 0 Å². The van der Waals surface area contributed by atoms with Gasteiger partial charge in [-0.15, -0.1) is 0 Å². The van der Waals surface area contributed by atoms with Crippen LogP contribution < -0.4 is 12.4 Å². The zero-order valence-corrected chi connectivity index (χ0v) is 40.8. The van der Waals surface area contributed by atoms with Gasteiger partial charge in [0.05, 0.1) is 63.3 Å². The van der Waals surface area contributed by atoms with Crippen molar-refractivity contribution >= 4 is 64.8 Å². The first-order valence-corrected chi connectivity index (χ1v) is 20.9. The topological polar surface area (TPSA) is 274 Å². The van der Waals surface area contributed by atoms with Crippen LogP contribution >= 0.6 is 0 Å². The number of aliphatic hydroxyl groups excluding tert-OH is 2. The number of hydrogen-bond donors (Lipinski definition) is 4. The minimum Gasteiger partial charge on any atom is -1.00 e. The third-order valence-corrected chi connectivity index (χ3v) is 14.5. The molecule has 0 amide bonds. The number of halogens is 1. The van der Waals surface area contributed by atoms with Crippen LogP contribution in [0.25, 0.3) is 0 Å². The van der Waals surface area contributed by atoms with Gasteiger partial charge < -0.3 is 78.2 Å². The normalized spacial score (nSPS) is 41.2. The minimum absolute atomic E-state index is 0. The summed E-state index contributed by atoms with van der Waals surface area (Å²) < 4.78 is 40.3. The smallest absolute Gasteiger partial charge is 1.00 e. The van der Waals surface area contributed by atoms with Crippen LogP contribution in [0.3, 0.4) is 0 Å². The maximum Gasteiger partial charge on any atom is 2.00 e. The summed E-state index contributed by atoms with van der Waals surface area (Å²) in [4.78, 5) is 80.0. The molecule has 21 heteroatoms. The summed E-state index contributed by atoms with van der Waals surface area (Å²) >= 11 is 0. The number of hydrogen-bond acceptors (Lipinski definition) is 19. The molecule has 4 N–H and O–H groups in total. The van der Waals surface area contributed by atoms with E-state index in [1.165, 1.54) is 35.2 Å². The van der Waals surface area contributed by atoms with E-state index in [-0.39, 0.29) is 151 Å². The second-order valence-corrected chi connectivity index (χ2v) is 18.5. The molecule has 0 aromatic heterocycles. The van der Waals surface area contributed by atoms with Gasteiger partial charge in [0.15, 0.2) is 11.6 Å². The molecule has 6 aliphatic carbocycles. The Morgan fingerprint density at radius 3 is 1.45 bits per heavy atom. The van der Waals surface area contributed by atoms with Crippen molar-refractivity contribution in [1.82, 2.24) is 0 Å². The second-order valence-electron chi connectivity index (χ2n) is 18.5. The molecule has 6 bridgehead atoms. The molecule has 19 nitrogen and oxygen atoms in total. The first-order valence-electron chi connectivity index (χ1n) is 20.9. The van der Waals surface area contributed by atoms with E-state index in [1.807, 2.05) is 0 Å². The quantitative estimate of drug-likeness (QED) is 0.0558. The van der Waals surface area contributed by atoms with Crippen LogP contribution in [0.2, 0.25) is 0 Å². The van der Waals surface area contributed by atoms with Crippen molar-refractivity contribution in [2.24, 2.45) is 71.0 Å². The van der Waals surface area contributed by atoms with Crippen LogP contribution in [0.1, 0.15) is 61.3 Å². The maximum atomic E-state index is 12.1. The van der Waals surface area contributed by atoms with Gasteiger partial charge in [-0.05, 0) is 65.7 Å². The molecule has 20 atom stereocenters. The number of methoxy groups -OCH3 is 3. The SMILES string of the molecule is C.C=C(C)C(=O)OC(=O)C(=C)C.C=C(C)C(=O)OC1C2CC3C1OC(C)(O)C3C2C(=O)OC.COC(=O)C1C2CC3C(OC(=O)C31)C2O.COC(=O)C1C2CC3C(OC(C)(O)C31)C2O.[CH3-].[Cl-].[Mg+2]. The summed E-state index contributed by atoms with van der Waals surface area (Å²) in [5, 5.41) is 40.5. The zero-order chi connectivity index (χ0) is 46.9. The average Bonchev–Trinajstić information content (AvgIpc) is 4.10. The van der Waals surface area contributed by atoms with Crippen molar-refractivity contribution in [3.63, 3.8) is 0 Å². The minimum atomic E-state index is -1.40. The third kappa shape index (κ3) is 10.4. The Kier molecular flexibility index (Phi) is 19.7. The van der Waals surface area contributed by atoms with Crippen LogP contribution in [-0.4, -0.2) is 155 Å². The zero-order valence-electron chi connectivity index (χ0n) is 38.6. The van der Waals surface area contributed by atoms with Crippen LogP contribution in [0.5, 0.6) is 0 Å². The first-order chi connectivity index (χ1) is 29.3. The Bertz CT molecular complexity index is 1940. The molecule has 67 heavy (non-hydrogen) atoms. The third-order valence-electron chi connectivity index (χ3n) is 14.5. The molecule has 3 aliphatic heterocycles. The summed E-state index contributed by atoms with van der Waals surface area (Å²) in [6.07, 6.45) is -0.804. The number of carbonyl (C=O) groups excluding carboxylic acids is 7. The summed E-state index contributed by atoms with van der Waals surface area (Å²) in [5.41, 5.74) is 0.688. The summed E-state index contributed by atoms with van der Waals surface area (Å²) in [6.45, 7) is 17.8. The van der Waals surface area contributed by atoms with Gasteiger partial charge in [0.1, 0.15) is 18.3 Å². The van der Waals surface area contributed by atoms with Gasteiger partial charge in [-0.2, -0.15) is 0 Å². The van der Waals surface area contributed by atoms with Gasteiger partial charge in [0.25, 0.3) is 0 Å². The van der Waals surface area contributed by atoms with E-state index >= 15 is 0 Å². The van der Waals surface area contributed by atoms with Crippen LogP contribution in [-0.2, 0) is 71.5 Å². The van der Waals surface area contributed by atoms with Crippen molar-refractivity contribution < 1.29 is 104 Å². The fourth-order valence-corrected chi connectivity index (χ4v) is 12.1. The molecular formula is C46H65ClMgO19. The fraction of sp³-hybridized carbons (Fsp3) is 0.696. The molecule has 0 spiro atoms. The molecule has 3 heterocycles. The van der Waals surface area contributed by atoms with Gasteiger partial charge in [0.2, 0.25) is 0 Å². The molecule has 9 fully saturated rings. The molecule has 0 aromatic rings. The standard InChI is InChI=1S/C15H20O6.C11H16O5.C10H12O5.C8H10O3.CH4.CH3.ClH.Mg/c1-6(2)13(16)20-11-7-5-8-10(9(7)14(17)19-4)15(3,18)21-12(8)11;1-11(14)7-5-3-4(6(7)10(13)15-2)8(12)9(5)16-11;1-14-9(12)5-3-2-4-6(5)10(13)15-8(4)7(3)11;1-5(2)7(9)11-8(10)6(3)4;;;;/h7-12,18H,1,5H2,2-4H3;4-9,12,14H,3H2,1-2H3;3-8,11H,2H2,1H3;1,3H2,2,4H3;1H4;1H3;1H;/q;;;;;-1;;+2/p-1. The largest absolute Gasteiger partial charge is 2.00 e. The molecule has 9 rings (SSSR count). The Morgan fingerprint density at radius 1 is 0.612 bits per heavy atom. The predicted octanol–water partition coefficient (Wildman–Crippen LogP) is -1.61. The monoisotopic (exact) mass is 980 g/mol. The van der Waals surface area contributed by atoms with Gasteiger partial charge in [-0.3, -0.25) is 19.2 Å². The van der Waals surface area contributed by atoms with E-state index in [0.717, 1.165) is 6.42 Å². The first kappa shape index (κ1) is 59.6.